The van der Waals surface area contributed by atoms with Gasteiger partial charge in [0.15, 0.2) is 0 Å². The van der Waals surface area contributed by atoms with Crippen LogP contribution in [0.25, 0.3) is 0 Å². The van der Waals surface area contributed by atoms with Crippen LogP contribution in [0.5, 0.6) is 0 Å². The van der Waals surface area contributed by atoms with Gasteiger partial charge in [-0.05, 0) is 19.3 Å². The van der Waals surface area contributed by atoms with Crippen molar-refractivity contribution in [2.24, 2.45) is 5.16 Å². The topological polar surface area (TPSA) is 52.8 Å². The molecule has 0 unspecified atom stereocenters. The molecule has 0 saturated heterocycles. The van der Waals surface area contributed by atoms with Crippen molar-refractivity contribution in [3.05, 3.63) is 0 Å². The molecule has 0 aliphatic carbocycles. The summed E-state index contributed by atoms with van der Waals surface area (Å²) in [5.74, 6) is 0. The second-order valence-corrected chi connectivity index (χ2v) is 3.83. The standard InChI is InChI=1S/C11H23NO2/c1-4-7-10(12-14)11(13,8-5-2)9-6-3/h13-14H,4-9H2,1-3H3/b12-10-. The Bertz CT molecular complexity index is 172. The van der Waals surface area contributed by atoms with Crippen molar-refractivity contribution in [2.45, 2.75) is 64.9 Å². The molecule has 84 valence electrons. The van der Waals surface area contributed by atoms with E-state index in [1.54, 1.807) is 0 Å². The maximum Gasteiger partial charge on any atom is 0.106 e. The minimum atomic E-state index is -0.881. The number of rotatable bonds is 7. The number of nitrogens with zero attached hydrogens (tertiary/aromatic N) is 1. The first kappa shape index (κ1) is 13.4. The van der Waals surface area contributed by atoms with Crippen LogP contribution in [-0.2, 0) is 0 Å². The van der Waals surface area contributed by atoms with Gasteiger partial charge in [0.25, 0.3) is 0 Å². The molecule has 0 aromatic heterocycles. The van der Waals surface area contributed by atoms with Crippen LogP contribution in [0, 0.1) is 0 Å². The summed E-state index contributed by atoms with van der Waals surface area (Å²) in [5.41, 5.74) is -0.336. The van der Waals surface area contributed by atoms with Crippen molar-refractivity contribution in [1.82, 2.24) is 0 Å². The molecule has 0 heterocycles. The molecule has 14 heavy (non-hydrogen) atoms. The first-order valence-electron chi connectivity index (χ1n) is 5.58. The normalized spacial score (nSPS) is 13.3. The van der Waals surface area contributed by atoms with E-state index in [4.69, 9.17) is 5.21 Å². The second-order valence-electron chi connectivity index (χ2n) is 3.83. The summed E-state index contributed by atoms with van der Waals surface area (Å²) in [6.07, 6.45) is 4.74. The lowest BCUT2D eigenvalue weighted by Crippen LogP contribution is -2.38. The first-order chi connectivity index (χ1) is 6.64. The smallest absolute Gasteiger partial charge is 0.106 e. The molecule has 0 saturated carbocycles. The molecule has 0 aliphatic rings. The SMILES string of the molecule is CCC/C(=N/O)C(O)(CCC)CCC. The van der Waals surface area contributed by atoms with Crippen molar-refractivity contribution in [1.29, 1.82) is 0 Å². The maximum absolute atomic E-state index is 10.3. The average Bonchev–Trinajstić information content (AvgIpc) is 2.14. The van der Waals surface area contributed by atoms with Crippen molar-refractivity contribution in [3.63, 3.8) is 0 Å². The van der Waals surface area contributed by atoms with E-state index < -0.39 is 5.60 Å². The summed E-state index contributed by atoms with van der Waals surface area (Å²) in [4.78, 5) is 0. The Morgan fingerprint density at radius 3 is 1.86 bits per heavy atom. The predicted molar refractivity (Wildman–Crippen MR) is 58.9 cm³/mol. The molecular formula is C11H23NO2. The van der Waals surface area contributed by atoms with Crippen LogP contribution in [0.15, 0.2) is 5.16 Å². The third-order valence-corrected chi connectivity index (χ3v) is 2.47. The molecule has 0 fully saturated rings. The van der Waals surface area contributed by atoms with E-state index in [-0.39, 0.29) is 0 Å². The predicted octanol–water partition coefficient (Wildman–Crippen LogP) is 2.95. The molecule has 0 aromatic carbocycles. The van der Waals surface area contributed by atoms with Gasteiger partial charge in [0, 0.05) is 0 Å². The van der Waals surface area contributed by atoms with Crippen LogP contribution in [0.4, 0.5) is 0 Å². The Kier molecular flexibility index (Phi) is 6.54. The summed E-state index contributed by atoms with van der Waals surface area (Å²) < 4.78 is 0. The van der Waals surface area contributed by atoms with Gasteiger partial charge < -0.3 is 10.3 Å². The van der Waals surface area contributed by atoms with Gasteiger partial charge in [-0.1, -0.05) is 45.2 Å². The Labute approximate surface area is 86.8 Å². The van der Waals surface area contributed by atoms with Crippen LogP contribution < -0.4 is 0 Å². The molecule has 0 radical (unpaired) electrons. The maximum atomic E-state index is 10.3. The molecule has 0 aliphatic heterocycles. The minimum Gasteiger partial charge on any atom is -0.411 e. The van der Waals surface area contributed by atoms with Crippen LogP contribution in [0.3, 0.4) is 0 Å². The highest BCUT2D eigenvalue weighted by atomic mass is 16.4. The Morgan fingerprint density at radius 2 is 1.57 bits per heavy atom. The van der Waals surface area contributed by atoms with E-state index >= 15 is 0 Å². The lowest BCUT2D eigenvalue weighted by atomic mass is 9.86. The van der Waals surface area contributed by atoms with E-state index in [0.29, 0.717) is 25.0 Å². The number of hydrogen-bond donors (Lipinski definition) is 2. The highest BCUT2D eigenvalue weighted by molar-refractivity contribution is 5.91. The van der Waals surface area contributed by atoms with Gasteiger partial charge in [-0.3, -0.25) is 0 Å². The molecule has 0 atom stereocenters. The lowest BCUT2D eigenvalue weighted by Gasteiger charge is -2.28. The van der Waals surface area contributed by atoms with Gasteiger partial charge in [-0.15, -0.1) is 0 Å². The van der Waals surface area contributed by atoms with E-state index in [2.05, 4.69) is 5.16 Å². The minimum absolute atomic E-state index is 0.545. The summed E-state index contributed by atoms with van der Waals surface area (Å²) in [6.45, 7) is 6.08. The zero-order chi connectivity index (χ0) is 11.0. The lowest BCUT2D eigenvalue weighted by molar-refractivity contribution is 0.0844. The van der Waals surface area contributed by atoms with Crippen LogP contribution in [-0.4, -0.2) is 21.6 Å². The van der Waals surface area contributed by atoms with Gasteiger partial charge >= 0.3 is 0 Å². The van der Waals surface area contributed by atoms with Gasteiger partial charge in [0.1, 0.15) is 5.60 Å². The fourth-order valence-corrected chi connectivity index (χ4v) is 1.85. The van der Waals surface area contributed by atoms with Crippen molar-refractivity contribution in [3.8, 4) is 0 Å². The molecule has 0 bridgehead atoms. The molecule has 3 nitrogen and oxygen atoms in total. The molecule has 3 heteroatoms. The number of aliphatic hydroxyl groups is 1. The van der Waals surface area contributed by atoms with Gasteiger partial charge in [-0.25, -0.2) is 0 Å². The van der Waals surface area contributed by atoms with Crippen LogP contribution in [0.2, 0.25) is 0 Å². The quantitative estimate of drug-likeness (QED) is 0.378. The first-order valence-corrected chi connectivity index (χ1v) is 5.58. The summed E-state index contributed by atoms with van der Waals surface area (Å²) in [7, 11) is 0. The van der Waals surface area contributed by atoms with Crippen molar-refractivity contribution in [2.75, 3.05) is 0 Å². The molecule has 2 N–H and O–H groups in total. The molecule has 0 amide bonds. The Hall–Kier alpha value is -0.570. The Morgan fingerprint density at radius 1 is 1.07 bits per heavy atom. The van der Waals surface area contributed by atoms with Crippen LogP contribution in [0.1, 0.15) is 59.3 Å². The van der Waals surface area contributed by atoms with Crippen molar-refractivity contribution >= 4 is 5.71 Å². The van der Waals surface area contributed by atoms with Gasteiger partial charge in [0.2, 0.25) is 0 Å². The summed E-state index contributed by atoms with van der Waals surface area (Å²) in [6, 6.07) is 0. The molecule has 0 spiro atoms. The van der Waals surface area contributed by atoms with Gasteiger partial charge in [-0.2, -0.15) is 0 Å². The summed E-state index contributed by atoms with van der Waals surface area (Å²) in [5, 5.41) is 22.4. The molecule has 0 aromatic rings. The van der Waals surface area contributed by atoms with E-state index in [1.165, 1.54) is 0 Å². The number of oxime groups is 1. The average molecular weight is 201 g/mol. The zero-order valence-electron chi connectivity index (χ0n) is 9.58. The number of hydrogen-bond acceptors (Lipinski definition) is 3. The fourth-order valence-electron chi connectivity index (χ4n) is 1.85. The van der Waals surface area contributed by atoms with E-state index in [9.17, 15) is 5.11 Å². The molecule has 0 rings (SSSR count). The zero-order valence-corrected chi connectivity index (χ0v) is 9.58. The van der Waals surface area contributed by atoms with Crippen molar-refractivity contribution < 1.29 is 10.3 Å². The third kappa shape index (κ3) is 3.66. The van der Waals surface area contributed by atoms with Crippen LogP contribution >= 0.6 is 0 Å². The monoisotopic (exact) mass is 201 g/mol. The van der Waals surface area contributed by atoms with E-state index in [1.807, 2.05) is 20.8 Å². The fraction of sp³-hybridized carbons (Fsp3) is 0.909. The third-order valence-electron chi connectivity index (χ3n) is 2.47. The summed E-state index contributed by atoms with van der Waals surface area (Å²) >= 11 is 0. The largest absolute Gasteiger partial charge is 0.411 e. The molecular weight excluding hydrogens is 178 g/mol. The van der Waals surface area contributed by atoms with E-state index in [0.717, 1.165) is 19.3 Å². The highest BCUT2D eigenvalue weighted by Gasteiger charge is 2.31. The van der Waals surface area contributed by atoms with Gasteiger partial charge in [0.05, 0.1) is 5.71 Å². The second kappa shape index (κ2) is 6.82. The highest BCUT2D eigenvalue weighted by Crippen LogP contribution is 2.23. The Balaban J connectivity index is 4.58.